The molecule has 0 aromatic carbocycles. The van der Waals surface area contributed by atoms with E-state index in [1.54, 1.807) is 0 Å². The van der Waals surface area contributed by atoms with Crippen LogP contribution in [0.3, 0.4) is 0 Å². The van der Waals surface area contributed by atoms with Crippen LogP contribution in [0.5, 0.6) is 0 Å². The van der Waals surface area contributed by atoms with Gasteiger partial charge in [-0.1, -0.05) is 12.8 Å². The van der Waals surface area contributed by atoms with Crippen LogP contribution in [0.1, 0.15) is 25.7 Å². The minimum atomic E-state index is -1.13. The fourth-order valence-electron chi connectivity index (χ4n) is 1.11. The maximum Gasteiger partial charge on any atom is 0.451 e. The van der Waals surface area contributed by atoms with Gasteiger partial charge in [-0.2, -0.15) is 0 Å². The lowest BCUT2D eigenvalue weighted by molar-refractivity contribution is 0.401. The molecule has 0 aliphatic rings. The summed E-state index contributed by atoms with van der Waals surface area (Å²) in [5, 5.41) is 20.4. The van der Waals surface area contributed by atoms with Crippen molar-refractivity contribution in [3.63, 3.8) is 0 Å². The molecular formula is C8H21BN2O2. The molecule has 0 radical (unpaired) electrons. The number of rotatable bonds is 9. The Labute approximate surface area is 80.7 Å². The molecular weight excluding hydrogens is 167 g/mol. The lowest BCUT2D eigenvalue weighted by atomic mass is 9.83. The Kier molecular flexibility index (Phi) is 9.92. The van der Waals surface area contributed by atoms with Crippen molar-refractivity contribution in [2.45, 2.75) is 32.0 Å². The molecule has 78 valence electrons. The Morgan fingerprint density at radius 3 is 2.31 bits per heavy atom. The molecule has 0 amide bonds. The van der Waals surface area contributed by atoms with Crippen molar-refractivity contribution in [2.75, 3.05) is 19.6 Å². The second-order valence-electron chi connectivity index (χ2n) is 3.22. The summed E-state index contributed by atoms with van der Waals surface area (Å²) >= 11 is 0. The molecule has 0 rings (SSSR count). The molecule has 0 atom stereocenters. The molecule has 0 bridgehead atoms. The highest BCUT2D eigenvalue weighted by Crippen LogP contribution is 2.00. The van der Waals surface area contributed by atoms with Gasteiger partial charge in [0.15, 0.2) is 0 Å². The van der Waals surface area contributed by atoms with Crippen LogP contribution >= 0.6 is 0 Å². The van der Waals surface area contributed by atoms with E-state index in [4.69, 9.17) is 15.8 Å². The predicted octanol–water partition coefficient (Wildman–Crippen LogP) is -0.432. The number of hydrogen-bond acceptors (Lipinski definition) is 4. The van der Waals surface area contributed by atoms with E-state index in [1.807, 2.05) is 0 Å². The molecule has 5 N–H and O–H groups in total. The van der Waals surface area contributed by atoms with Crippen molar-refractivity contribution in [1.29, 1.82) is 0 Å². The maximum absolute atomic E-state index is 8.55. The Morgan fingerprint density at radius 2 is 1.69 bits per heavy atom. The number of unbranched alkanes of at least 4 members (excludes halogenated alkanes) is 2. The van der Waals surface area contributed by atoms with E-state index >= 15 is 0 Å². The van der Waals surface area contributed by atoms with Crippen LogP contribution in [0, 0.1) is 0 Å². The summed E-state index contributed by atoms with van der Waals surface area (Å²) in [6.45, 7) is 2.73. The van der Waals surface area contributed by atoms with Crippen LogP contribution in [-0.4, -0.2) is 36.8 Å². The first-order valence-corrected chi connectivity index (χ1v) is 5.04. The summed E-state index contributed by atoms with van der Waals surface area (Å²) in [6.07, 6.45) is 4.54. The quantitative estimate of drug-likeness (QED) is 0.292. The van der Waals surface area contributed by atoms with Crippen LogP contribution in [-0.2, 0) is 0 Å². The molecule has 0 aliphatic heterocycles. The number of hydrogen-bond donors (Lipinski definition) is 4. The molecule has 4 nitrogen and oxygen atoms in total. The fourth-order valence-corrected chi connectivity index (χ4v) is 1.11. The molecule has 0 unspecified atom stereocenters. The minimum Gasteiger partial charge on any atom is -0.427 e. The van der Waals surface area contributed by atoms with Gasteiger partial charge in [-0.3, -0.25) is 0 Å². The summed E-state index contributed by atoms with van der Waals surface area (Å²) < 4.78 is 0. The van der Waals surface area contributed by atoms with Gasteiger partial charge in [0.05, 0.1) is 0 Å². The van der Waals surface area contributed by atoms with Crippen LogP contribution in [0.25, 0.3) is 0 Å². The third kappa shape index (κ3) is 11.9. The van der Waals surface area contributed by atoms with Crippen molar-refractivity contribution < 1.29 is 10.0 Å². The van der Waals surface area contributed by atoms with Crippen molar-refractivity contribution >= 4 is 7.12 Å². The average molecular weight is 188 g/mol. The first kappa shape index (κ1) is 12.9. The van der Waals surface area contributed by atoms with E-state index < -0.39 is 7.12 Å². The maximum atomic E-state index is 8.55. The molecule has 5 heteroatoms. The van der Waals surface area contributed by atoms with Gasteiger partial charge >= 0.3 is 7.12 Å². The van der Waals surface area contributed by atoms with E-state index in [9.17, 15) is 0 Å². The molecule has 0 heterocycles. The molecule has 0 aromatic heterocycles. The SMILES string of the molecule is NCCCNCCCCCB(O)O. The number of nitrogens with two attached hydrogens (primary N) is 1. The molecule has 0 saturated heterocycles. The van der Waals surface area contributed by atoms with Crippen LogP contribution in [0.15, 0.2) is 0 Å². The second kappa shape index (κ2) is 9.99. The third-order valence-corrected chi connectivity index (χ3v) is 1.87. The molecule has 0 saturated carbocycles. The summed E-state index contributed by atoms with van der Waals surface area (Å²) in [4.78, 5) is 0. The Morgan fingerprint density at radius 1 is 1.00 bits per heavy atom. The van der Waals surface area contributed by atoms with E-state index in [0.29, 0.717) is 6.32 Å². The minimum absolute atomic E-state index is 0.489. The van der Waals surface area contributed by atoms with Gasteiger partial charge in [0.2, 0.25) is 0 Å². The zero-order chi connectivity index (χ0) is 9.94. The molecule has 0 fully saturated rings. The monoisotopic (exact) mass is 188 g/mol. The highest BCUT2D eigenvalue weighted by Gasteiger charge is 2.04. The normalized spacial score (nSPS) is 10.4. The standard InChI is InChI=1S/C8H21BN2O2/c10-6-4-8-11-7-3-1-2-5-9(12)13/h11-13H,1-8,10H2. The summed E-state index contributed by atoms with van der Waals surface area (Å²) in [6, 6.07) is 0. The van der Waals surface area contributed by atoms with Gasteiger partial charge in [0.25, 0.3) is 0 Å². The van der Waals surface area contributed by atoms with Crippen LogP contribution in [0.2, 0.25) is 6.32 Å². The summed E-state index contributed by atoms with van der Waals surface area (Å²) in [7, 11) is -1.13. The fraction of sp³-hybridized carbons (Fsp3) is 1.00. The van der Waals surface area contributed by atoms with E-state index in [-0.39, 0.29) is 0 Å². The Bertz CT molecular complexity index is 104. The zero-order valence-corrected chi connectivity index (χ0v) is 8.21. The van der Waals surface area contributed by atoms with Crippen molar-refractivity contribution in [2.24, 2.45) is 5.73 Å². The van der Waals surface area contributed by atoms with Gasteiger partial charge in [-0.05, 0) is 38.8 Å². The zero-order valence-electron chi connectivity index (χ0n) is 8.21. The van der Waals surface area contributed by atoms with Gasteiger partial charge in [0, 0.05) is 0 Å². The average Bonchev–Trinajstić information content (AvgIpc) is 2.09. The van der Waals surface area contributed by atoms with Gasteiger partial charge in [-0.15, -0.1) is 0 Å². The first-order chi connectivity index (χ1) is 6.27. The third-order valence-electron chi connectivity index (χ3n) is 1.87. The molecule has 13 heavy (non-hydrogen) atoms. The van der Waals surface area contributed by atoms with E-state index in [0.717, 1.165) is 45.3 Å². The topological polar surface area (TPSA) is 78.5 Å². The van der Waals surface area contributed by atoms with Crippen molar-refractivity contribution in [3.8, 4) is 0 Å². The molecule has 0 aromatic rings. The highest BCUT2D eigenvalue weighted by molar-refractivity contribution is 6.40. The van der Waals surface area contributed by atoms with Gasteiger partial charge in [0.1, 0.15) is 0 Å². The first-order valence-electron chi connectivity index (χ1n) is 5.04. The second-order valence-corrected chi connectivity index (χ2v) is 3.22. The van der Waals surface area contributed by atoms with Crippen molar-refractivity contribution in [3.05, 3.63) is 0 Å². The summed E-state index contributed by atoms with van der Waals surface area (Å²) in [5.74, 6) is 0. The smallest absolute Gasteiger partial charge is 0.427 e. The number of nitrogens with one attached hydrogen (secondary N) is 1. The molecule has 0 spiro atoms. The molecule has 0 aliphatic carbocycles. The highest BCUT2D eigenvalue weighted by atomic mass is 16.4. The predicted molar refractivity (Wildman–Crippen MR) is 55.4 cm³/mol. The van der Waals surface area contributed by atoms with Gasteiger partial charge in [-0.25, -0.2) is 0 Å². The Hall–Kier alpha value is -0.0951. The van der Waals surface area contributed by atoms with Crippen molar-refractivity contribution in [1.82, 2.24) is 5.32 Å². The lowest BCUT2D eigenvalue weighted by Crippen LogP contribution is -2.19. The Balaban J connectivity index is 2.84. The summed E-state index contributed by atoms with van der Waals surface area (Å²) in [5.41, 5.74) is 5.33. The lowest BCUT2D eigenvalue weighted by Gasteiger charge is -2.03. The van der Waals surface area contributed by atoms with Crippen LogP contribution < -0.4 is 11.1 Å². The van der Waals surface area contributed by atoms with E-state index in [2.05, 4.69) is 5.32 Å². The van der Waals surface area contributed by atoms with E-state index in [1.165, 1.54) is 0 Å². The van der Waals surface area contributed by atoms with Gasteiger partial charge < -0.3 is 21.1 Å². The largest absolute Gasteiger partial charge is 0.451 e. The van der Waals surface area contributed by atoms with Crippen LogP contribution in [0.4, 0.5) is 0 Å².